The molecule has 1 heterocycles. The summed E-state index contributed by atoms with van der Waals surface area (Å²) in [6, 6.07) is 12.4. The summed E-state index contributed by atoms with van der Waals surface area (Å²) in [4.78, 5) is 29.5. The first-order valence-corrected chi connectivity index (χ1v) is 10.8. The standard InChI is InChI=1S/C23H28ClN3O3/c1-3-26(4-2)23(29)20-15-18(9-12-21(20)27-13-5-6-14-27)25-22(28)16-30-19-10-7-17(24)8-11-19/h7-12,15H,3-6,13-14,16H2,1-2H3,(H,25,28). The lowest BCUT2D eigenvalue weighted by Crippen LogP contribution is -2.32. The molecule has 0 spiro atoms. The summed E-state index contributed by atoms with van der Waals surface area (Å²) in [5.41, 5.74) is 2.13. The third kappa shape index (κ3) is 5.45. The lowest BCUT2D eigenvalue weighted by molar-refractivity contribution is -0.118. The van der Waals surface area contributed by atoms with Crippen molar-refractivity contribution in [2.24, 2.45) is 0 Å². The maximum atomic E-state index is 13.1. The molecule has 30 heavy (non-hydrogen) atoms. The van der Waals surface area contributed by atoms with Crippen molar-refractivity contribution >= 4 is 34.8 Å². The summed E-state index contributed by atoms with van der Waals surface area (Å²) in [5.74, 6) is 0.256. The number of carbonyl (C=O) groups excluding carboxylic acids is 2. The fourth-order valence-corrected chi connectivity index (χ4v) is 3.70. The third-order valence-corrected chi connectivity index (χ3v) is 5.44. The van der Waals surface area contributed by atoms with Crippen LogP contribution in [0.15, 0.2) is 42.5 Å². The Morgan fingerprint density at radius 2 is 1.73 bits per heavy atom. The second kappa shape index (κ2) is 10.3. The molecule has 1 aliphatic rings. The number of rotatable bonds is 8. The molecule has 160 valence electrons. The van der Waals surface area contributed by atoms with E-state index >= 15 is 0 Å². The van der Waals surface area contributed by atoms with Crippen molar-refractivity contribution in [3.05, 3.63) is 53.1 Å². The van der Waals surface area contributed by atoms with Crippen LogP contribution in [0.25, 0.3) is 0 Å². The van der Waals surface area contributed by atoms with Gasteiger partial charge in [-0.05, 0) is 69.2 Å². The molecule has 0 atom stereocenters. The quantitative estimate of drug-likeness (QED) is 0.673. The van der Waals surface area contributed by atoms with Crippen LogP contribution in [0.5, 0.6) is 5.75 Å². The number of nitrogens with zero attached hydrogens (tertiary/aromatic N) is 2. The lowest BCUT2D eigenvalue weighted by Gasteiger charge is -2.25. The predicted octanol–water partition coefficient (Wildman–Crippen LogP) is 4.44. The average molecular weight is 430 g/mol. The normalized spacial score (nSPS) is 13.2. The minimum absolute atomic E-state index is 0.0181. The second-order valence-electron chi connectivity index (χ2n) is 7.19. The van der Waals surface area contributed by atoms with Crippen molar-refractivity contribution in [1.29, 1.82) is 0 Å². The first-order chi connectivity index (χ1) is 14.5. The lowest BCUT2D eigenvalue weighted by atomic mass is 10.1. The van der Waals surface area contributed by atoms with Gasteiger partial charge in [-0.15, -0.1) is 0 Å². The Hall–Kier alpha value is -2.73. The minimum atomic E-state index is -0.292. The van der Waals surface area contributed by atoms with E-state index in [2.05, 4.69) is 10.2 Å². The Bertz CT molecular complexity index is 876. The van der Waals surface area contributed by atoms with Crippen LogP contribution in [-0.4, -0.2) is 49.5 Å². The monoisotopic (exact) mass is 429 g/mol. The molecule has 0 aromatic heterocycles. The van der Waals surface area contributed by atoms with Gasteiger partial charge < -0.3 is 19.9 Å². The molecule has 1 saturated heterocycles. The number of hydrogen-bond donors (Lipinski definition) is 1. The zero-order valence-corrected chi connectivity index (χ0v) is 18.2. The molecule has 1 N–H and O–H groups in total. The van der Waals surface area contributed by atoms with Crippen LogP contribution >= 0.6 is 11.6 Å². The summed E-state index contributed by atoms with van der Waals surface area (Å²) in [6.07, 6.45) is 2.25. The molecule has 2 aromatic rings. The zero-order chi connectivity index (χ0) is 21.5. The molecule has 1 aliphatic heterocycles. The number of ether oxygens (including phenoxy) is 1. The van der Waals surface area contributed by atoms with Gasteiger partial charge in [0.15, 0.2) is 6.61 Å². The summed E-state index contributed by atoms with van der Waals surface area (Å²) in [6.45, 7) is 6.97. The van der Waals surface area contributed by atoms with Gasteiger partial charge in [0.25, 0.3) is 11.8 Å². The van der Waals surface area contributed by atoms with Crippen LogP contribution in [0.3, 0.4) is 0 Å². The highest BCUT2D eigenvalue weighted by Crippen LogP contribution is 2.28. The Morgan fingerprint density at radius 3 is 2.37 bits per heavy atom. The van der Waals surface area contributed by atoms with Crippen LogP contribution in [-0.2, 0) is 4.79 Å². The summed E-state index contributed by atoms with van der Waals surface area (Å²) >= 11 is 5.86. The third-order valence-electron chi connectivity index (χ3n) is 5.19. The molecule has 0 saturated carbocycles. The van der Waals surface area contributed by atoms with Crippen molar-refractivity contribution in [1.82, 2.24) is 4.90 Å². The number of halogens is 1. The van der Waals surface area contributed by atoms with Crippen molar-refractivity contribution < 1.29 is 14.3 Å². The molecule has 0 radical (unpaired) electrons. The summed E-state index contributed by atoms with van der Waals surface area (Å²) in [7, 11) is 0. The second-order valence-corrected chi connectivity index (χ2v) is 7.63. The van der Waals surface area contributed by atoms with Crippen LogP contribution < -0.4 is 15.0 Å². The van der Waals surface area contributed by atoms with E-state index in [0.717, 1.165) is 31.6 Å². The van der Waals surface area contributed by atoms with Crippen LogP contribution in [0.1, 0.15) is 37.0 Å². The van der Waals surface area contributed by atoms with Crippen molar-refractivity contribution in [2.75, 3.05) is 43.0 Å². The van der Waals surface area contributed by atoms with Gasteiger partial charge in [0.05, 0.1) is 5.56 Å². The van der Waals surface area contributed by atoms with E-state index in [1.54, 1.807) is 35.2 Å². The van der Waals surface area contributed by atoms with E-state index in [1.807, 2.05) is 26.0 Å². The van der Waals surface area contributed by atoms with E-state index in [9.17, 15) is 9.59 Å². The Labute approximate surface area is 182 Å². The molecule has 6 nitrogen and oxygen atoms in total. The Balaban J connectivity index is 1.74. The molecule has 1 fully saturated rings. The predicted molar refractivity (Wildman–Crippen MR) is 121 cm³/mol. The number of carbonyl (C=O) groups is 2. The van der Waals surface area contributed by atoms with Gasteiger partial charge in [-0.3, -0.25) is 9.59 Å². The SMILES string of the molecule is CCN(CC)C(=O)c1cc(NC(=O)COc2ccc(Cl)cc2)ccc1N1CCCC1. The molecule has 0 bridgehead atoms. The van der Waals surface area contributed by atoms with E-state index in [-0.39, 0.29) is 18.4 Å². The maximum absolute atomic E-state index is 13.1. The van der Waals surface area contributed by atoms with Gasteiger partial charge in [0.1, 0.15) is 5.75 Å². The fourth-order valence-electron chi connectivity index (χ4n) is 3.58. The van der Waals surface area contributed by atoms with Crippen LogP contribution in [0, 0.1) is 0 Å². The Morgan fingerprint density at radius 1 is 1.07 bits per heavy atom. The van der Waals surface area contributed by atoms with Crippen molar-refractivity contribution in [3.8, 4) is 5.75 Å². The highest BCUT2D eigenvalue weighted by Gasteiger charge is 2.23. The number of benzene rings is 2. The first kappa shape index (κ1) is 22.0. The highest BCUT2D eigenvalue weighted by molar-refractivity contribution is 6.30. The zero-order valence-electron chi connectivity index (χ0n) is 17.5. The number of hydrogen-bond acceptors (Lipinski definition) is 4. The number of amides is 2. The fraction of sp³-hybridized carbons (Fsp3) is 0.391. The van der Waals surface area contributed by atoms with E-state index in [0.29, 0.717) is 35.1 Å². The van der Waals surface area contributed by atoms with E-state index in [1.165, 1.54) is 0 Å². The van der Waals surface area contributed by atoms with Crippen molar-refractivity contribution in [3.63, 3.8) is 0 Å². The van der Waals surface area contributed by atoms with Crippen molar-refractivity contribution in [2.45, 2.75) is 26.7 Å². The van der Waals surface area contributed by atoms with Gasteiger partial charge in [-0.25, -0.2) is 0 Å². The maximum Gasteiger partial charge on any atom is 0.262 e. The van der Waals surface area contributed by atoms with E-state index in [4.69, 9.17) is 16.3 Å². The number of nitrogens with one attached hydrogen (secondary N) is 1. The number of anilines is 2. The molecular weight excluding hydrogens is 402 g/mol. The molecule has 3 rings (SSSR count). The van der Waals surface area contributed by atoms with Crippen LogP contribution in [0.2, 0.25) is 5.02 Å². The average Bonchev–Trinajstić information content (AvgIpc) is 3.29. The van der Waals surface area contributed by atoms with Gasteiger partial charge in [-0.1, -0.05) is 11.6 Å². The molecular formula is C23H28ClN3O3. The van der Waals surface area contributed by atoms with Crippen LogP contribution in [0.4, 0.5) is 11.4 Å². The van der Waals surface area contributed by atoms with E-state index < -0.39 is 0 Å². The minimum Gasteiger partial charge on any atom is -0.484 e. The van der Waals surface area contributed by atoms with Gasteiger partial charge >= 0.3 is 0 Å². The Kier molecular flexibility index (Phi) is 7.57. The molecule has 7 heteroatoms. The molecule has 0 aliphatic carbocycles. The largest absolute Gasteiger partial charge is 0.484 e. The summed E-state index contributed by atoms with van der Waals surface area (Å²) in [5, 5.41) is 3.44. The topological polar surface area (TPSA) is 61.9 Å². The first-order valence-electron chi connectivity index (χ1n) is 10.4. The summed E-state index contributed by atoms with van der Waals surface area (Å²) < 4.78 is 5.50. The van der Waals surface area contributed by atoms with Gasteiger partial charge in [-0.2, -0.15) is 0 Å². The molecule has 2 amide bonds. The van der Waals surface area contributed by atoms with Gasteiger partial charge in [0, 0.05) is 42.6 Å². The molecule has 0 unspecified atom stereocenters. The smallest absolute Gasteiger partial charge is 0.262 e. The molecule has 2 aromatic carbocycles. The highest BCUT2D eigenvalue weighted by atomic mass is 35.5. The van der Waals surface area contributed by atoms with Gasteiger partial charge in [0.2, 0.25) is 0 Å².